The SMILES string of the molecule is CC(C)(C)[C@@H](c1ccc(Cl)cc1Cl)N1CCNCC1.Cl.Cl. The standard InChI is InChI=1S/C15H22Cl2N2.2ClH/c1-15(2,3)14(19-8-6-18-7-9-19)12-5-4-11(16)10-13(12)17;;/h4-5,10,14,18H,6-9H2,1-3H3;2*1H/t14-;;/m1../s1. The maximum absolute atomic E-state index is 6.42. The number of rotatable bonds is 2. The van der Waals surface area contributed by atoms with Crippen LogP contribution in [-0.2, 0) is 0 Å². The van der Waals surface area contributed by atoms with Crippen LogP contribution in [0.4, 0.5) is 0 Å². The van der Waals surface area contributed by atoms with Gasteiger partial charge in [-0.1, -0.05) is 50.0 Å². The summed E-state index contributed by atoms with van der Waals surface area (Å²) in [6, 6.07) is 6.17. The molecule has 6 heteroatoms. The van der Waals surface area contributed by atoms with E-state index in [0.717, 1.165) is 31.2 Å². The molecule has 0 unspecified atom stereocenters. The van der Waals surface area contributed by atoms with Gasteiger partial charge in [-0.05, 0) is 23.1 Å². The first-order valence-corrected chi connectivity index (χ1v) is 7.55. The predicted molar refractivity (Wildman–Crippen MR) is 97.6 cm³/mol. The highest BCUT2D eigenvalue weighted by Crippen LogP contribution is 2.41. The Morgan fingerprint density at radius 3 is 2.14 bits per heavy atom. The number of hydrogen-bond donors (Lipinski definition) is 1. The molecule has 0 aromatic heterocycles. The monoisotopic (exact) mass is 372 g/mol. The first-order valence-electron chi connectivity index (χ1n) is 6.79. The molecule has 2 rings (SSSR count). The highest BCUT2D eigenvalue weighted by Gasteiger charge is 2.33. The Hall–Kier alpha value is 0.300. The lowest BCUT2D eigenvalue weighted by Gasteiger charge is -2.43. The normalized spacial score (nSPS) is 17.6. The summed E-state index contributed by atoms with van der Waals surface area (Å²) in [7, 11) is 0. The van der Waals surface area contributed by atoms with Gasteiger partial charge in [-0.3, -0.25) is 4.90 Å². The van der Waals surface area contributed by atoms with Crippen molar-refractivity contribution in [2.45, 2.75) is 26.8 Å². The van der Waals surface area contributed by atoms with Crippen molar-refractivity contribution >= 4 is 48.0 Å². The molecule has 0 bridgehead atoms. The second-order valence-corrected chi connectivity index (χ2v) is 7.06. The van der Waals surface area contributed by atoms with Gasteiger partial charge in [0.25, 0.3) is 0 Å². The maximum atomic E-state index is 6.42. The largest absolute Gasteiger partial charge is 0.314 e. The molecule has 0 aliphatic carbocycles. The molecule has 0 saturated carbocycles. The number of nitrogens with zero attached hydrogens (tertiary/aromatic N) is 1. The van der Waals surface area contributed by atoms with E-state index in [4.69, 9.17) is 23.2 Å². The van der Waals surface area contributed by atoms with Crippen LogP contribution < -0.4 is 5.32 Å². The third kappa shape index (κ3) is 5.46. The smallest absolute Gasteiger partial charge is 0.0468 e. The van der Waals surface area contributed by atoms with Crippen molar-refractivity contribution in [2.75, 3.05) is 26.2 Å². The van der Waals surface area contributed by atoms with Crippen molar-refractivity contribution in [3.8, 4) is 0 Å². The predicted octanol–water partition coefficient (Wildman–Crippen LogP) is 4.83. The quantitative estimate of drug-likeness (QED) is 0.798. The summed E-state index contributed by atoms with van der Waals surface area (Å²) < 4.78 is 0. The van der Waals surface area contributed by atoms with Crippen LogP contribution in [0.2, 0.25) is 10.0 Å². The fourth-order valence-corrected chi connectivity index (χ4v) is 3.39. The zero-order valence-electron chi connectivity index (χ0n) is 12.7. The molecule has 1 heterocycles. The zero-order chi connectivity index (χ0) is 14.0. The zero-order valence-corrected chi connectivity index (χ0v) is 15.8. The van der Waals surface area contributed by atoms with Gasteiger partial charge < -0.3 is 5.32 Å². The Morgan fingerprint density at radius 1 is 1.10 bits per heavy atom. The van der Waals surface area contributed by atoms with E-state index in [2.05, 4.69) is 37.1 Å². The number of hydrogen-bond acceptors (Lipinski definition) is 2. The van der Waals surface area contributed by atoms with Crippen LogP contribution in [0.3, 0.4) is 0 Å². The highest BCUT2D eigenvalue weighted by atomic mass is 35.5. The summed E-state index contributed by atoms with van der Waals surface area (Å²) in [6.07, 6.45) is 0. The van der Waals surface area contributed by atoms with Crippen LogP contribution in [0.25, 0.3) is 0 Å². The Bertz CT molecular complexity index is 440. The van der Waals surface area contributed by atoms with Gasteiger partial charge in [0.1, 0.15) is 0 Å². The molecule has 0 spiro atoms. The summed E-state index contributed by atoms with van der Waals surface area (Å²) in [5.74, 6) is 0. The minimum Gasteiger partial charge on any atom is -0.314 e. The van der Waals surface area contributed by atoms with E-state index in [-0.39, 0.29) is 30.2 Å². The van der Waals surface area contributed by atoms with E-state index in [1.165, 1.54) is 5.56 Å². The van der Waals surface area contributed by atoms with E-state index in [1.807, 2.05) is 12.1 Å². The summed E-state index contributed by atoms with van der Waals surface area (Å²) in [4.78, 5) is 2.52. The topological polar surface area (TPSA) is 15.3 Å². The average molecular weight is 374 g/mol. The average Bonchev–Trinajstić information content (AvgIpc) is 2.32. The molecule has 1 aliphatic heterocycles. The van der Waals surface area contributed by atoms with Gasteiger partial charge in [0.05, 0.1) is 0 Å². The Labute approximate surface area is 150 Å². The van der Waals surface area contributed by atoms with Crippen molar-refractivity contribution in [1.29, 1.82) is 0 Å². The van der Waals surface area contributed by atoms with E-state index in [0.29, 0.717) is 11.1 Å². The molecule has 0 radical (unpaired) electrons. The van der Waals surface area contributed by atoms with E-state index in [9.17, 15) is 0 Å². The lowest BCUT2D eigenvalue weighted by Crippen LogP contribution is -2.48. The molecule has 1 aromatic carbocycles. The fourth-order valence-electron chi connectivity index (χ4n) is 2.87. The van der Waals surface area contributed by atoms with Gasteiger partial charge in [-0.15, -0.1) is 24.8 Å². The molecular weight excluding hydrogens is 350 g/mol. The molecule has 1 fully saturated rings. The van der Waals surface area contributed by atoms with Crippen LogP contribution in [0, 0.1) is 5.41 Å². The van der Waals surface area contributed by atoms with Gasteiger partial charge in [0.15, 0.2) is 0 Å². The minimum atomic E-state index is 0. The second kappa shape index (κ2) is 8.81. The summed E-state index contributed by atoms with van der Waals surface area (Å²) in [6.45, 7) is 11.0. The lowest BCUT2D eigenvalue weighted by molar-refractivity contribution is 0.0863. The first kappa shape index (κ1) is 21.3. The van der Waals surface area contributed by atoms with Gasteiger partial charge >= 0.3 is 0 Å². The van der Waals surface area contributed by atoms with Crippen LogP contribution in [0.5, 0.6) is 0 Å². The molecule has 1 atom stereocenters. The maximum Gasteiger partial charge on any atom is 0.0468 e. The van der Waals surface area contributed by atoms with Crippen LogP contribution >= 0.6 is 48.0 Å². The fraction of sp³-hybridized carbons (Fsp3) is 0.600. The molecule has 1 aliphatic rings. The Balaban J connectivity index is 0.00000200. The molecular formula is C15H24Cl4N2. The summed E-state index contributed by atoms with van der Waals surface area (Å²) in [5.41, 5.74) is 1.31. The van der Waals surface area contributed by atoms with Crippen molar-refractivity contribution in [2.24, 2.45) is 5.41 Å². The number of halogens is 4. The van der Waals surface area contributed by atoms with Crippen LogP contribution in [-0.4, -0.2) is 31.1 Å². The van der Waals surface area contributed by atoms with Gasteiger partial charge in [-0.2, -0.15) is 0 Å². The van der Waals surface area contributed by atoms with Crippen LogP contribution in [0.15, 0.2) is 18.2 Å². The third-order valence-electron chi connectivity index (χ3n) is 3.59. The second-order valence-electron chi connectivity index (χ2n) is 6.22. The molecule has 1 N–H and O–H groups in total. The van der Waals surface area contributed by atoms with E-state index >= 15 is 0 Å². The van der Waals surface area contributed by atoms with Gasteiger partial charge in [0.2, 0.25) is 0 Å². The highest BCUT2D eigenvalue weighted by molar-refractivity contribution is 6.35. The van der Waals surface area contributed by atoms with Crippen molar-refractivity contribution in [1.82, 2.24) is 10.2 Å². The Morgan fingerprint density at radius 2 is 1.67 bits per heavy atom. The molecule has 2 nitrogen and oxygen atoms in total. The number of benzene rings is 1. The molecule has 21 heavy (non-hydrogen) atoms. The minimum absolute atomic E-state index is 0. The third-order valence-corrected chi connectivity index (χ3v) is 4.16. The van der Waals surface area contributed by atoms with E-state index in [1.54, 1.807) is 0 Å². The van der Waals surface area contributed by atoms with Crippen LogP contribution in [0.1, 0.15) is 32.4 Å². The van der Waals surface area contributed by atoms with Crippen molar-refractivity contribution in [3.63, 3.8) is 0 Å². The molecule has 1 aromatic rings. The molecule has 122 valence electrons. The van der Waals surface area contributed by atoms with E-state index < -0.39 is 0 Å². The lowest BCUT2D eigenvalue weighted by atomic mass is 9.81. The summed E-state index contributed by atoms with van der Waals surface area (Å²) >= 11 is 12.4. The number of piperazine rings is 1. The van der Waals surface area contributed by atoms with Gasteiger partial charge in [-0.25, -0.2) is 0 Å². The Kier molecular flexibility index (Phi) is 8.93. The van der Waals surface area contributed by atoms with Crippen molar-refractivity contribution < 1.29 is 0 Å². The molecule has 1 saturated heterocycles. The van der Waals surface area contributed by atoms with Gasteiger partial charge in [0, 0.05) is 42.3 Å². The van der Waals surface area contributed by atoms with Crippen molar-refractivity contribution in [3.05, 3.63) is 33.8 Å². The number of nitrogens with one attached hydrogen (secondary N) is 1. The molecule has 0 amide bonds. The first-order chi connectivity index (χ1) is 8.89. The summed E-state index contributed by atoms with van der Waals surface area (Å²) in [5, 5.41) is 4.87.